The van der Waals surface area contributed by atoms with Crippen LogP contribution in [0.3, 0.4) is 0 Å². The lowest BCUT2D eigenvalue weighted by Crippen LogP contribution is -2.16. The first-order valence-electron chi connectivity index (χ1n) is 7.88. The normalized spacial score (nSPS) is 10.8. The van der Waals surface area contributed by atoms with Gasteiger partial charge in [0.15, 0.2) is 5.78 Å². The Morgan fingerprint density at radius 3 is 2.70 bits per heavy atom. The zero-order valence-electron chi connectivity index (χ0n) is 13.6. The van der Waals surface area contributed by atoms with E-state index in [1.165, 1.54) is 17.7 Å². The fourth-order valence-electron chi connectivity index (χ4n) is 2.21. The number of benzene rings is 1. The molecular weight excluding hydrogens is 293 g/mol. The number of ketones is 1. The van der Waals surface area contributed by atoms with Gasteiger partial charge in [-0.05, 0) is 48.6 Å². The van der Waals surface area contributed by atoms with Gasteiger partial charge in [0.2, 0.25) is 0 Å². The lowest BCUT2D eigenvalue weighted by atomic mass is 10.0. The first-order chi connectivity index (χ1) is 11.0. The molecular formula is C19H22FNO2. The van der Waals surface area contributed by atoms with Crippen molar-refractivity contribution < 1.29 is 13.9 Å². The fourth-order valence-corrected chi connectivity index (χ4v) is 2.21. The number of aryl methyl sites for hydroxylation is 2. The molecule has 0 aliphatic rings. The summed E-state index contributed by atoms with van der Waals surface area (Å²) < 4.78 is 19.1. The van der Waals surface area contributed by atoms with E-state index in [0.717, 1.165) is 24.8 Å². The van der Waals surface area contributed by atoms with Crippen molar-refractivity contribution in [3.8, 4) is 5.75 Å². The Bertz CT molecular complexity index is 641. The van der Waals surface area contributed by atoms with Crippen LogP contribution in [0.25, 0.3) is 0 Å². The highest BCUT2D eigenvalue weighted by Gasteiger charge is 2.09. The van der Waals surface area contributed by atoms with E-state index in [4.69, 9.17) is 4.74 Å². The number of rotatable bonds is 8. The number of Topliss-reactive ketones (excluding diaryl/α,β-unsaturated/α-hetero) is 1. The number of aromatic nitrogens is 1. The van der Waals surface area contributed by atoms with Crippen molar-refractivity contribution in [1.29, 1.82) is 0 Å². The summed E-state index contributed by atoms with van der Waals surface area (Å²) in [4.78, 5) is 15.7. The molecule has 2 rings (SSSR count). The van der Waals surface area contributed by atoms with Crippen molar-refractivity contribution in [1.82, 2.24) is 4.98 Å². The van der Waals surface area contributed by atoms with Crippen LogP contribution in [0.5, 0.6) is 5.75 Å². The Morgan fingerprint density at radius 1 is 1.22 bits per heavy atom. The average molecular weight is 315 g/mol. The lowest BCUT2D eigenvalue weighted by Gasteiger charge is -2.09. The summed E-state index contributed by atoms with van der Waals surface area (Å²) in [7, 11) is 0. The Labute approximate surface area is 136 Å². The molecule has 4 heteroatoms. The van der Waals surface area contributed by atoms with E-state index in [0.29, 0.717) is 5.75 Å². The molecule has 0 saturated heterocycles. The Balaban J connectivity index is 1.90. The van der Waals surface area contributed by atoms with E-state index in [1.54, 1.807) is 12.3 Å². The molecule has 0 aliphatic heterocycles. The van der Waals surface area contributed by atoms with Gasteiger partial charge in [0.25, 0.3) is 0 Å². The van der Waals surface area contributed by atoms with Gasteiger partial charge in [0.05, 0.1) is 0 Å². The number of carbonyl (C=O) groups is 1. The van der Waals surface area contributed by atoms with E-state index < -0.39 is 0 Å². The standard InChI is InChI=1S/C19H22FNO2/c1-14(2)19(22)13-23-18-10-16(9-17(20)11-18)6-3-5-15-7-4-8-21-12-15/h4,7-12,14H,3,5-6,13H2,1-2H3. The molecule has 0 aliphatic carbocycles. The third kappa shape index (κ3) is 5.81. The van der Waals surface area contributed by atoms with Gasteiger partial charge in [0.1, 0.15) is 18.2 Å². The van der Waals surface area contributed by atoms with Crippen molar-refractivity contribution in [2.45, 2.75) is 33.1 Å². The number of hydrogen-bond acceptors (Lipinski definition) is 3. The number of pyridine rings is 1. The highest BCUT2D eigenvalue weighted by molar-refractivity contribution is 5.81. The highest BCUT2D eigenvalue weighted by atomic mass is 19.1. The maximum Gasteiger partial charge on any atom is 0.172 e. The van der Waals surface area contributed by atoms with E-state index >= 15 is 0 Å². The third-order valence-corrected chi connectivity index (χ3v) is 3.61. The SMILES string of the molecule is CC(C)C(=O)COc1cc(F)cc(CCCc2cccnc2)c1. The number of halogens is 1. The minimum atomic E-state index is -0.337. The van der Waals surface area contributed by atoms with Gasteiger partial charge < -0.3 is 4.74 Å². The van der Waals surface area contributed by atoms with Crippen molar-refractivity contribution >= 4 is 5.78 Å². The second-order valence-electron chi connectivity index (χ2n) is 5.92. The molecule has 0 atom stereocenters. The largest absolute Gasteiger partial charge is 0.486 e. The van der Waals surface area contributed by atoms with Gasteiger partial charge >= 0.3 is 0 Å². The minimum absolute atomic E-state index is 0.00684. The number of hydrogen-bond donors (Lipinski definition) is 0. The molecule has 0 radical (unpaired) electrons. The molecule has 0 spiro atoms. The van der Waals surface area contributed by atoms with Crippen molar-refractivity contribution in [2.75, 3.05) is 6.61 Å². The van der Waals surface area contributed by atoms with Gasteiger partial charge in [0, 0.05) is 24.4 Å². The summed E-state index contributed by atoms with van der Waals surface area (Å²) in [6.45, 7) is 3.62. The van der Waals surface area contributed by atoms with Crippen LogP contribution in [-0.4, -0.2) is 17.4 Å². The first-order valence-corrected chi connectivity index (χ1v) is 7.88. The summed E-state index contributed by atoms with van der Waals surface area (Å²) in [5.41, 5.74) is 2.05. The van der Waals surface area contributed by atoms with Crippen LogP contribution in [0, 0.1) is 11.7 Å². The predicted molar refractivity (Wildman–Crippen MR) is 88.0 cm³/mol. The molecule has 2 aromatic rings. The third-order valence-electron chi connectivity index (χ3n) is 3.61. The molecule has 1 heterocycles. The summed E-state index contributed by atoms with van der Waals surface area (Å²) >= 11 is 0. The summed E-state index contributed by atoms with van der Waals surface area (Å²) in [5, 5.41) is 0. The topological polar surface area (TPSA) is 39.2 Å². The van der Waals surface area contributed by atoms with Gasteiger partial charge in [-0.3, -0.25) is 9.78 Å². The van der Waals surface area contributed by atoms with Gasteiger partial charge in [-0.25, -0.2) is 4.39 Å². The maximum absolute atomic E-state index is 13.7. The van der Waals surface area contributed by atoms with Crippen molar-refractivity contribution in [3.05, 3.63) is 59.7 Å². The molecule has 0 amide bonds. The quantitative estimate of drug-likeness (QED) is 0.739. The molecule has 0 unspecified atom stereocenters. The number of nitrogens with zero attached hydrogens (tertiary/aromatic N) is 1. The predicted octanol–water partition coefficient (Wildman–Crippen LogP) is 4.00. The lowest BCUT2D eigenvalue weighted by molar-refractivity contribution is -0.123. The first kappa shape index (κ1) is 17.1. The molecule has 1 aromatic carbocycles. The van der Waals surface area contributed by atoms with E-state index in [9.17, 15) is 9.18 Å². The van der Waals surface area contributed by atoms with E-state index in [1.807, 2.05) is 32.2 Å². The maximum atomic E-state index is 13.7. The monoisotopic (exact) mass is 315 g/mol. The second kappa shape index (κ2) is 8.42. The fraction of sp³-hybridized carbons (Fsp3) is 0.368. The van der Waals surface area contributed by atoms with Gasteiger partial charge in [-0.1, -0.05) is 19.9 Å². The zero-order valence-corrected chi connectivity index (χ0v) is 13.6. The molecule has 0 N–H and O–H groups in total. The molecule has 0 saturated carbocycles. The van der Waals surface area contributed by atoms with Crippen LogP contribution in [0.2, 0.25) is 0 Å². The van der Waals surface area contributed by atoms with Crippen molar-refractivity contribution in [2.24, 2.45) is 5.92 Å². The van der Waals surface area contributed by atoms with Gasteiger partial charge in [-0.2, -0.15) is 0 Å². The Hall–Kier alpha value is -2.23. The second-order valence-corrected chi connectivity index (χ2v) is 5.92. The van der Waals surface area contributed by atoms with E-state index in [-0.39, 0.29) is 24.1 Å². The van der Waals surface area contributed by atoms with E-state index in [2.05, 4.69) is 4.98 Å². The average Bonchev–Trinajstić information content (AvgIpc) is 2.53. The van der Waals surface area contributed by atoms with Crippen molar-refractivity contribution in [3.63, 3.8) is 0 Å². The van der Waals surface area contributed by atoms with Crippen LogP contribution in [0.1, 0.15) is 31.4 Å². The summed E-state index contributed by atoms with van der Waals surface area (Å²) in [6, 6.07) is 8.58. The molecule has 1 aromatic heterocycles. The van der Waals surface area contributed by atoms with Crippen LogP contribution in [0.4, 0.5) is 4.39 Å². The highest BCUT2D eigenvalue weighted by Crippen LogP contribution is 2.18. The van der Waals surface area contributed by atoms with Crippen LogP contribution < -0.4 is 4.74 Å². The summed E-state index contributed by atoms with van der Waals surface area (Å²) in [5.74, 6) is 0.00107. The van der Waals surface area contributed by atoms with Crippen LogP contribution >= 0.6 is 0 Å². The number of ether oxygens (including phenoxy) is 1. The van der Waals surface area contributed by atoms with Crippen LogP contribution in [0.15, 0.2) is 42.7 Å². The van der Waals surface area contributed by atoms with Crippen LogP contribution in [-0.2, 0) is 17.6 Å². The Morgan fingerprint density at radius 2 is 2.00 bits per heavy atom. The molecule has 3 nitrogen and oxygen atoms in total. The molecule has 122 valence electrons. The Kier molecular flexibility index (Phi) is 6.27. The van der Waals surface area contributed by atoms with Gasteiger partial charge in [-0.15, -0.1) is 0 Å². The molecule has 0 fully saturated rings. The molecule has 0 bridgehead atoms. The molecule has 23 heavy (non-hydrogen) atoms. The minimum Gasteiger partial charge on any atom is -0.486 e. The smallest absolute Gasteiger partial charge is 0.172 e. The number of carbonyl (C=O) groups excluding carboxylic acids is 1. The zero-order chi connectivity index (χ0) is 16.7. The summed E-state index contributed by atoms with van der Waals surface area (Å²) in [6.07, 6.45) is 6.14.